The smallest absolute Gasteiger partial charge is 0.346 e. The number of benzene rings is 3. The molecule has 198 valence electrons. The van der Waals surface area contributed by atoms with E-state index in [1.54, 1.807) is 62.6 Å². The average molecular weight is 611 g/mol. The summed E-state index contributed by atoms with van der Waals surface area (Å²) in [5.41, 5.74) is 1.26. The van der Waals surface area contributed by atoms with E-state index in [2.05, 4.69) is 21.0 Å². The van der Waals surface area contributed by atoms with Crippen LogP contribution < -0.4 is 15.0 Å². The first-order chi connectivity index (χ1) is 18.8. The molecular weight excluding hydrogens is 590 g/mol. The fourth-order valence-electron chi connectivity index (χ4n) is 3.99. The minimum absolute atomic E-state index is 0.213. The second-order valence-electron chi connectivity index (χ2n) is 8.39. The van der Waals surface area contributed by atoms with Crippen molar-refractivity contribution < 1.29 is 23.4 Å². The first kappa shape index (κ1) is 26.5. The molecule has 0 aliphatic heterocycles. The third-order valence-electron chi connectivity index (χ3n) is 5.89. The molecule has 11 heteroatoms. The topological polar surface area (TPSA) is 105 Å². The third-order valence-corrected chi connectivity index (χ3v) is 6.76. The zero-order valence-electron chi connectivity index (χ0n) is 21.0. The van der Waals surface area contributed by atoms with E-state index in [0.717, 1.165) is 5.39 Å². The van der Waals surface area contributed by atoms with Gasteiger partial charge in [0.1, 0.15) is 11.3 Å². The number of furan rings is 1. The molecule has 5 rings (SSSR count). The number of para-hydroxylation sites is 1. The van der Waals surface area contributed by atoms with Gasteiger partial charge in [-0.15, -0.1) is 0 Å². The minimum Gasteiger partial charge on any atom is -0.496 e. The first-order valence-corrected chi connectivity index (χ1v) is 12.8. The Morgan fingerprint density at radius 3 is 2.67 bits per heavy atom. The van der Waals surface area contributed by atoms with Gasteiger partial charge in [0.2, 0.25) is 5.82 Å². The zero-order valence-corrected chi connectivity index (χ0v) is 23.3. The Bertz CT molecular complexity index is 1790. The molecular formula is C28H21BrClN3O6. The van der Waals surface area contributed by atoms with Crippen molar-refractivity contribution in [2.75, 3.05) is 14.2 Å². The number of esters is 1. The predicted molar refractivity (Wildman–Crippen MR) is 152 cm³/mol. The minimum atomic E-state index is -0.865. The molecule has 0 saturated heterocycles. The maximum atomic E-state index is 13.5. The average Bonchev–Trinajstić information content (AvgIpc) is 3.38. The van der Waals surface area contributed by atoms with Crippen molar-refractivity contribution in [3.8, 4) is 23.1 Å². The standard InChI is InChI=1S/C28H21BrClN3O6/c1-15(28(35)37-3)38-25-19(29)11-16(12-20(25)30)14-31-33-26(32-21-8-5-4-7-17(21)27(33)34)24-13-18-22(36-2)9-6-10-23(18)39-24/h4-15H,1-3H3/t15-/m1/s1. The molecule has 1 atom stereocenters. The van der Waals surface area contributed by atoms with E-state index >= 15 is 0 Å². The summed E-state index contributed by atoms with van der Waals surface area (Å²) >= 11 is 9.87. The lowest BCUT2D eigenvalue weighted by molar-refractivity contribution is -0.147. The Morgan fingerprint density at radius 1 is 1.13 bits per heavy atom. The lowest BCUT2D eigenvalue weighted by atomic mass is 10.2. The summed E-state index contributed by atoms with van der Waals surface area (Å²) < 4.78 is 23.5. The van der Waals surface area contributed by atoms with Gasteiger partial charge in [0, 0.05) is 0 Å². The molecule has 39 heavy (non-hydrogen) atoms. The SMILES string of the molecule is COC(=O)[C@@H](C)Oc1c(Cl)cc(C=Nn2c(-c3cc4c(OC)cccc4o3)nc3ccccc3c2=O)cc1Br. The molecule has 0 bridgehead atoms. The number of carbonyl (C=O) groups excluding carboxylic acids is 1. The summed E-state index contributed by atoms with van der Waals surface area (Å²) in [4.78, 5) is 30.0. The molecule has 0 aliphatic rings. The van der Waals surface area contributed by atoms with E-state index in [9.17, 15) is 9.59 Å². The molecule has 0 amide bonds. The molecule has 9 nitrogen and oxygen atoms in total. The van der Waals surface area contributed by atoms with Gasteiger partial charge in [0.15, 0.2) is 17.6 Å². The van der Waals surface area contributed by atoms with E-state index in [1.165, 1.54) is 18.0 Å². The summed E-state index contributed by atoms with van der Waals surface area (Å²) in [6.45, 7) is 1.55. The maximum absolute atomic E-state index is 13.5. The number of carbonyl (C=O) groups is 1. The van der Waals surface area contributed by atoms with Crippen LogP contribution in [0.1, 0.15) is 12.5 Å². The number of nitrogens with zero attached hydrogens (tertiary/aromatic N) is 3. The Hall–Kier alpha value is -4.15. The third kappa shape index (κ3) is 5.13. The molecule has 0 aliphatic carbocycles. The first-order valence-electron chi connectivity index (χ1n) is 11.7. The van der Waals surface area contributed by atoms with Crippen molar-refractivity contribution in [3.63, 3.8) is 0 Å². The highest BCUT2D eigenvalue weighted by atomic mass is 79.9. The normalized spacial score (nSPS) is 12.2. The van der Waals surface area contributed by atoms with Gasteiger partial charge in [0.25, 0.3) is 5.56 Å². The van der Waals surface area contributed by atoms with Gasteiger partial charge in [-0.25, -0.2) is 9.78 Å². The molecule has 2 heterocycles. The molecule has 0 fully saturated rings. The van der Waals surface area contributed by atoms with Crippen LogP contribution in [-0.4, -0.2) is 42.2 Å². The number of halogens is 2. The van der Waals surface area contributed by atoms with Gasteiger partial charge in [-0.05, 0) is 70.9 Å². The van der Waals surface area contributed by atoms with Gasteiger partial charge in [-0.3, -0.25) is 4.79 Å². The number of rotatable bonds is 7. The summed E-state index contributed by atoms with van der Waals surface area (Å²) in [6.07, 6.45) is 0.602. The van der Waals surface area contributed by atoms with Gasteiger partial charge >= 0.3 is 5.97 Å². The van der Waals surface area contributed by atoms with Gasteiger partial charge in [-0.1, -0.05) is 29.8 Å². The molecule has 5 aromatic rings. The lowest BCUT2D eigenvalue weighted by Crippen LogP contribution is -2.25. The molecule has 0 N–H and O–H groups in total. The van der Waals surface area contributed by atoms with Crippen LogP contribution >= 0.6 is 27.5 Å². The molecule has 0 saturated carbocycles. The van der Waals surface area contributed by atoms with E-state index in [0.29, 0.717) is 38.0 Å². The second-order valence-corrected chi connectivity index (χ2v) is 9.66. The maximum Gasteiger partial charge on any atom is 0.346 e. The van der Waals surface area contributed by atoms with Gasteiger partial charge in [-0.2, -0.15) is 9.78 Å². The largest absolute Gasteiger partial charge is 0.496 e. The van der Waals surface area contributed by atoms with Crippen LogP contribution in [0, 0.1) is 0 Å². The summed E-state index contributed by atoms with van der Waals surface area (Å²) in [6, 6.07) is 17.5. The highest BCUT2D eigenvalue weighted by molar-refractivity contribution is 9.10. The van der Waals surface area contributed by atoms with E-state index < -0.39 is 12.1 Å². The Kier molecular flexibility index (Phi) is 7.40. The van der Waals surface area contributed by atoms with Crippen LogP contribution in [0.25, 0.3) is 33.5 Å². The summed E-state index contributed by atoms with van der Waals surface area (Å²) in [5.74, 6) is 0.916. The molecule has 0 unspecified atom stereocenters. The van der Waals surface area contributed by atoms with E-state index in [1.807, 2.05) is 12.1 Å². The van der Waals surface area contributed by atoms with Crippen LogP contribution in [0.4, 0.5) is 0 Å². The number of hydrogen-bond acceptors (Lipinski definition) is 8. The molecule has 2 aromatic heterocycles. The predicted octanol–water partition coefficient (Wildman–Crippen LogP) is 6.06. The van der Waals surface area contributed by atoms with Crippen molar-refractivity contribution in [1.29, 1.82) is 0 Å². The van der Waals surface area contributed by atoms with E-state index in [4.69, 9.17) is 35.2 Å². The number of hydrogen-bond donors (Lipinski definition) is 0. The van der Waals surface area contributed by atoms with E-state index in [-0.39, 0.29) is 22.2 Å². The second kappa shape index (κ2) is 10.9. The van der Waals surface area contributed by atoms with Crippen molar-refractivity contribution in [3.05, 3.63) is 86.1 Å². The van der Waals surface area contributed by atoms with Crippen LogP contribution in [-0.2, 0) is 9.53 Å². The quantitative estimate of drug-likeness (QED) is 0.163. The van der Waals surface area contributed by atoms with Crippen LogP contribution in [0.2, 0.25) is 5.02 Å². The number of aromatic nitrogens is 2. The summed E-state index contributed by atoms with van der Waals surface area (Å²) in [7, 11) is 2.85. The Balaban J connectivity index is 1.60. The highest BCUT2D eigenvalue weighted by Crippen LogP contribution is 2.35. The van der Waals surface area contributed by atoms with Crippen LogP contribution in [0.15, 0.2) is 79.4 Å². The summed E-state index contributed by atoms with van der Waals surface area (Å²) in [5, 5.41) is 5.82. The molecule has 3 aromatic carbocycles. The lowest BCUT2D eigenvalue weighted by Gasteiger charge is -2.15. The molecule has 0 radical (unpaired) electrons. The van der Waals surface area contributed by atoms with Crippen LogP contribution in [0.3, 0.4) is 0 Å². The monoisotopic (exact) mass is 609 g/mol. The van der Waals surface area contributed by atoms with Crippen molar-refractivity contribution in [2.24, 2.45) is 5.10 Å². The number of methoxy groups -OCH3 is 2. The van der Waals surface area contributed by atoms with Crippen LogP contribution in [0.5, 0.6) is 11.5 Å². The van der Waals surface area contributed by atoms with Crippen molar-refractivity contribution in [1.82, 2.24) is 9.66 Å². The van der Waals surface area contributed by atoms with Crippen molar-refractivity contribution >= 4 is 61.6 Å². The fraction of sp³-hybridized carbons (Fsp3) is 0.143. The number of ether oxygens (including phenoxy) is 3. The highest BCUT2D eigenvalue weighted by Gasteiger charge is 2.20. The van der Waals surface area contributed by atoms with Gasteiger partial charge in [0.05, 0.1) is 46.2 Å². The van der Waals surface area contributed by atoms with Gasteiger partial charge < -0.3 is 18.6 Å². The Morgan fingerprint density at radius 2 is 1.92 bits per heavy atom. The van der Waals surface area contributed by atoms with Crippen molar-refractivity contribution in [2.45, 2.75) is 13.0 Å². The number of fused-ring (bicyclic) bond motifs is 2. The molecule has 0 spiro atoms. The fourth-order valence-corrected chi connectivity index (χ4v) is 4.95. The Labute approximate surface area is 235 Å². The zero-order chi connectivity index (χ0) is 27.7.